The van der Waals surface area contributed by atoms with E-state index in [4.69, 9.17) is 9.47 Å². The molecule has 214 valence electrons. The van der Waals surface area contributed by atoms with Crippen molar-refractivity contribution in [3.63, 3.8) is 0 Å². The molecule has 0 aliphatic heterocycles. The smallest absolute Gasteiger partial charge is 0.416 e. The molecule has 2 aromatic carbocycles. The van der Waals surface area contributed by atoms with Crippen LogP contribution in [0.3, 0.4) is 0 Å². The van der Waals surface area contributed by atoms with E-state index in [1.54, 1.807) is 32.2 Å². The summed E-state index contributed by atoms with van der Waals surface area (Å²) in [5, 5.41) is 4.61. The molecule has 0 aliphatic rings. The summed E-state index contributed by atoms with van der Waals surface area (Å²) in [4.78, 5) is 29.0. The van der Waals surface area contributed by atoms with Crippen LogP contribution in [0.1, 0.15) is 44.5 Å². The first-order valence-corrected chi connectivity index (χ1v) is 12.6. The van der Waals surface area contributed by atoms with Gasteiger partial charge in [0.25, 0.3) is 0 Å². The summed E-state index contributed by atoms with van der Waals surface area (Å²) < 4.78 is 66.9. The molecule has 0 atom stereocenters. The Morgan fingerprint density at radius 3 is 2.30 bits per heavy atom. The number of aryl methyl sites for hydroxylation is 1. The molecule has 0 radical (unpaired) electrons. The number of pyridine rings is 1. The molecule has 1 aromatic heterocycles. The Bertz CT molecular complexity index is 1390. The second kappa shape index (κ2) is 12.4. The Hall–Kier alpha value is -4.15. The van der Waals surface area contributed by atoms with Gasteiger partial charge in [0, 0.05) is 17.4 Å². The number of halogens is 4. The summed E-state index contributed by atoms with van der Waals surface area (Å²) in [6.07, 6.45) is -3.40. The Labute approximate surface area is 229 Å². The third-order valence-electron chi connectivity index (χ3n) is 6.02. The topological polar surface area (TPSA) is 89.5 Å². The van der Waals surface area contributed by atoms with E-state index in [0.717, 1.165) is 6.07 Å². The molecule has 40 heavy (non-hydrogen) atoms. The zero-order chi connectivity index (χ0) is 29.7. The van der Waals surface area contributed by atoms with Crippen LogP contribution in [0.2, 0.25) is 0 Å². The predicted octanol–water partition coefficient (Wildman–Crippen LogP) is 7.39. The second-order valence-corrected chi connectivity index (χ2v) is 9.67. The first kappa shape index (κ1) is 30.4. The van der Waals surface area contributed by atoms with Crippen LogP contribution < -0.4 is 15.4 Å². The van der Waals surface area contributed by atoms with Gasteiger partial charge >= 0.3 is 18.2 Å². The number of hydrogen-bond acceptors (Lipinski definition) is 5. The number of rotatable bonds is 9. The zero-order valence-corrected chi connectivity index (χ0v) is 22.8. The maximum atomic E-state index is 14.8. The summed E-state index contributed by atoms with van der Waals surface area (Å²) >= 11 is 0. The summed E-state index contributed by atoms with van der Waals surface area (Å²) in [5.74, 6) is -0.805. The summed E-state index contributed by atoms with van der Waals surface area (Å²) in [6, 6.07) is 8.17. The minimum Gasteiger partial charge on any atom is -0.492 e. The van der Waals surface area contributed by atoms with E-state index in [9.17, 15) is 27.2 Å². The zero-order valence-electron chi connectivity index (χ0n) is 22.8. The van der Waals surface area contributed by atoms with Crippen molar-refractivity contribution in [1.82, 2.24) is 4.98 Å². The van der Waals surface area contributed by atoms with Gasteiger partial charge in [-0.2, -0.15) is 13.2 Å². The van der Waals surface area contributed by atoms with Crippen LogP contribution >= 0.6 is 0 Å². The van der Waals surface area contributed by atoms with Crippen LogP contribution in [0.15, 0.2) is 48.7 Å². The fourth-order valence-electron chi connectivity index (χ4n) is 4.00. The number of aromatic nitrogens is 1. The molecule has 3 rings (SSSR count). The minimum atomic E-state index is -4.75. The van der Waals surface area contributed by atoms with Gasteiger partial charge in [0.15, 0.2) is 0 Å². The number of anilines is 2. The molecule has 0 aliphatic carbocycles. The van der Waals surface area contributed by atoms with Gasteiger partial charge in [-0.3, -0.25) is 9.78 Å². The lowest BCUT2D eigenvalue weighted by atomic mass is 9.84. The average molecular weight is 562 g/mol. The third-order valence-corrected chi connectivity index (χ3v) is 6.02. The van der Waals surface area contributed by atoms with E-state index in [-0.39, 0.29) is 30.0 Å². The molecule has 1 heterocycles. The fraction of sp³-hybridized carbons (Fsp3) is 0.345. The predicted molar refractivity (Wildman–Crippen MR) is 144 cm³/mol. The summed E-state index contributed by atoms with van der Waals surface area (Å²) in [5.41, 5.74) is -0.879. The fourth-order valence-corrected chi connectivity index (χ4v) is 4.00. The van der Waals surface area contributed by atoms with Gasteiger partial charge in [0.2, 0.25) is 0 Å². The molecule has 2 N–H and O–H groups in total. The SMILES string of the molecule is CCOC(=O)C(C)(C)Cc1ccc(NC(=O)Nc2ccc(-c3cnc(C)c(OCC)c3)cc2F)cc1C(F)(F)F. The number of amides is 2. The lowest BCUT2D eigenvalue weighted by Gasteiger charge is -2.24. The van der Waals surface area contributed by atoms with Gasteiger partial charge in [0.1, 0.15) is 11.6 Å². The molecule has 0 spiro atoms. The molecule has 11 heteroatoms. The summed E-state index contributed by atoms with van der Waals surface area (Å²) in [7, 11) is 0. The quantitative estimate of drug-likeness (QED) is 0.210. The molecule has 2 amide bonds. The largest absolute Gasteiger partial charge is 0.492 e. The Balaban J connectivity index is 1.77. The number of urea groups is 1. The standard InChI is InChI=1S/C29H31F4N3O4/c1-6-39-25-13-20(16-34-17(25)3)18-9-11-24(23(30)12-18)36-27(38)35-21-10-8-19(22(14-21)29(31,32)33)15-28(4,5)26(37)40-7-2/h8-14,16H,6-7,15H2,1-5H3,(H2,35,36,38). The number of carbonyl (C=O) groups is 2. The maximum absolute atomic E-state index is 14.8. The van der Waals surface area contributed by atoms with Crippen LogP contribution in [0, 0.1) is 18.2 Å². The third kappa shape index (κ3) is 7.49. The number of esters is 1. The van der Waals surface area contributed by atoms with Crippen molar-refractivity contribution in [3.8, 4) is 16.9 Å². The van der Waals surface area contributed by atoms with Gasteiger partial charge in [-0.15, -0.1) is 0 Å². The van der Waals surface area contributed by atoms with Gasteiger partial charge in [-0.05, 0) is 82.5 Å². The lowest BCUT2D eigenvalue weighted by Crippen LogP contribution is -2.30. The minimum absolute atomic E-state index is 0.105. The van der Waals surface area contributed by atoms with E-state index in [2.05, 4.69) is 15.6 Å². The van der Waals surface area contributed by atoms with Crippen molar-refractivity contribution in [3.05, 3.63) is 71.3 Å². The van der Waals surface area contributed by atoms with Gasteiger partial charge in [-0.1, -0.05) is 12.1 Å². The Morgan fingerprint density at radius 1 is 0.950 bits per heavy atom. The molecular weight excluding hydrogens is 530 g/mol. The highest BCUT2D eigenvalue weighted by Crippen LogP contribution is 2.37. The monoisotopic (exact) mass is 561 g/mol. The number of nitrogens with zero attached hydrogens (tertiary/aromatic N) is 1. The van der Waals surface area contributed by atoms with Gasteiger partial charge < -0.3 is 20.1 Å². The van der Waals surface area contributed by atoms with Crippen molar-refractivity contribution < 1.29 is 36.6 Å². The number of alkyl halides is 3. The number of nitrogens with one attached hydrogen (secondary N) is 2. The molecule has 0 fully saturated rings. The van der Waals surface area contributed by atoms with Crippen LogP contribution in [0.25, 0.3) is 11.1 Å². The highest BCUT2D eigenvalue weighted by molar-refractivity contribution is 6.00. The normalized spacial score (nSPS) is 11.6. The van der Waals surface area contributed by atoms with Crippen molar-refractivity contribution in [2.45, 2.75) is 47.2 Å². The molecule has 0 saturated heterocycles. The van der Waals surface area contributed by atoms with Crippen molar-refractivity contribution in [1.29, 1.82) is 0 Å². The number of carbonyl (C=O) groups excluding carboxylic acids is 2. The Kier molecular flexibility index (Phi) is 9.39. The van der Waals surface area contributed by atoms with E-state index >= 15 is 0 Å². The van der Waals surface area contributed by atoms with E-state index in [0.29, 0.717) is 29.2 Å². The highest BCUT2D eigenvalue weighted by Gasteiger charge is 2.37. The van der Waals surface area contributed by atoms with Crippen LogP contribution in [-0.2, 0) is 22.1 Å². The number of hydrogen-bond donors (Lipinski definition) is 2. The van der Waals surface area contributed by atoms with E-state index < -0.39 is 35.0 Å². The van der Waals surface area contributed by atoms with Crippen molar-refractivity contribution in [2.75, 3.05) is 23.8 Å². The van der Waals surface area contributed by atoms with Crippen LogP contribution in [0.4, 0.5) is 33.7 Å². The average Bonchev–Trinajstić information content (AvgIpc) is 2.87. The second-order valence-electron chi connectivity index (χ2n) is 9.67. The van der Waals surface area contributed by atoms with E-state index in [1.807, 2.05) is 6.92 Å². The molecule has 7 nitrogen and oxygen atoms in total. The summed E-state index contributed by atoms with van der Waals surface area (Å²) in [6.45, 7) is 8.78. The molecule has 0 saturated carbocycles. The first-order chi connectivity index (χ1) is 18.7. The first-order valence-electron chi connectivity index (χ1n) is 12.6. The van der Waals surface area contributed by atoms with Crippen LogP contribution in [0.5, 0.6) is 5.75 Å². The van der Waals surface area contributed by atoms with Crippen molar-refractivity contribution in [2.24, 2.45) is 5.41 Å². The van der Waals surface area contributed by atoms with Crippen molar-refractivity contribution >= 4 is 23.4 Å². The highest BCUT2D eigenvalue weighted by atomic mass is 19.4. The number of benzene rings is 2. The van der Waals surface area contributed by atoms with Crippen LogP contribution in [-0.4, -0.2) is 30.2 Å². The number of ether oxygens (including phenoxy) is 2. The molecular formula is C29H31F4N3O4. The van der Waals surface area contributed by atoms with Gasteiger partial charge in [-0.25, -0.2) is 9.18 Å². The molecule has 0 unspecified atom stereocenters. The van der Waals surface area contributed by atoms with Gasteiger partial charge in [0.05, 0.1) is 35.6 Å². The molecule has 0 bridgehead atoms. The molecule has 3 aromatic rings. The Morgan fingerprint density at radius 2 is 1.68 bits per heavy atom. The van der Waals surface area contributed by atoms with E-state index in [1.165, 1.54) is 38.1 Å². The maximum Gasteiger partial charge on any atom is 0.416 e. The lowest BCUT2D eigenvalue weighted by molar-refractivity contribution is -0.154.